The smallest absolute Gasteiger partial charge is 0.337 e. The molecule has 1 aliphatic heterocycles. The number of carbonyl (C=O) groups excluding carboxylic acids is 1. The SMILES string of the molecule is Cc1c(Cl)cccc1-c1noc(C2CCCN2C(=O)c2ccc(C(F)(F)F)cc2-n2nccn2)n1. The van der Waals surface area contributed by atoms with Crippen molar-refractivity contribution in [3.05, 3.63) is 76.4 Å². The van der Waals surface area contributed by atoms with Crippen molar-refractivity contribution in [2.24, 2.45) is 0 Å². The maximum atomic E-state index is 13.6. The number of halogens is 4. The third kappa shape index (κ3) is 4.27. The number of hydrogen-bond acceptors (Lipinski definition) is 6. The van der Waals surface area contributed by atoms with Crippen LogP contribution in [0.1, 0.15) is 46.3 Å². The van der Waals surface area contributed by atoms with Crippen molar-refractivity contribution in [3.8, 4) is 17.1 Å². The molecule has 0 bridgehead atoms. The zero-order valence-corrected chi connectivity index (χ0v) is 19.1. The minimum absolute atomic E-state index is 0.0338. The minimum Gasteiger partial charge on any atom is -0.337 e. The lowest BCUT2D eigenvalue weighted by Gasteiger charge is -2.23. The molecule has 12 heteroatoms. The van der Waals surface area contributed by atoms with E-state index in [0.29, 0.717) is 35.8 Å². The Hall–Kier alpha value is -3.73. The molecular formula is C23H18ClF3N6O2. The first-order chi connectivity index (χ1) is 16.7. The highest BCUT2D eigenvalue weighted by atomic mass is 35.5. The van der Waals surface area contributed by atoms with Gasteiger partial charge < -0.3 is 9.42 Å². The number of nitrogens with zero attached hydrogens (tertiary/aromatic N) is 6. The first kappa shape index (κ1) is 23.0. The summed E-state index contributed by atoms with van der Waals surface area (Å²) in [5.41, 5.74) is 0.561. The molecule has 1 fully saturated rings. The van der Waals surface area contributed by atoms with Crippen LogP contribution in [0, 0.1) is 6.92 Å². The lowest BCUT2D eigenvalue weighted by molar-refractivity contribution is -0.137. The van der Waals surface area contributed by atoms with Gasteiger partial charge >= 0.3 is 6.18 Å². The first-order valence-corrected chi connectivity index (χ1v) is 11.1. The molecule has 0 spiro atoms. The van der Waals surface area contributed by atoms with Gasteiger partial charge in [0.05, 0.1) is 29.2 Å². The van der Waals surface area contributed by atoms with Crippen LogP contribution >= 0.6 is 11.6 Å². The average Bonchev–Trinajstić information content (AvgIpc) is 3.60. The molecule has 0 N–H and O–H groups in total. The second-order valence-electron chi connectivity index (χ2n) is 8.07. The van der Waals surface area contributed by atoms with Crippen molar-refractivity contribution in [3.63, 3.8) is 0 Å². The van der Waals surface area contributed by atoms with Gasteiger partial charge in [-0.3, -0.25) is 4.79 Å². The monoisotopic (exact) mass is 502 g/mol. The van der Waals surface area contributed by atoms with Crippen LogP contribution in [0.2, 0.25) is 5.02 Å². The van der Waals surface area contributed by atoms with Crippen LogP contribution in [0.3, 0.4) is 0 Å². The van der Waals surface area contributed by atoms with Gasteiger partial charge in [0.25, 0.3) is 5.91 Å². The third-order valence-corrected chi connectivity index (χ3v) is 6.35. The average molecular weight is 503 g/mol. The number of likely N-dealkylation sites (tertiary alicyclic amines) is 1. The van der Waals surface area contributed by atoms with Gasteiger partial charge in [0, 0.05) is 17.1 Å². The van der Waals surface area contributed by atoms with Crippen LogP contribution in [-0.4, -0.2) is 42.5 Å². The summed E-state index contributed by atoms with van der Waals surface area (Å²) in [7, 11) is 0. The van der Waals surface area contributed by atoms with Crippen molar-refractivity contribution < 1.29 is 22.5 Å². The lowest BCUT2D eigenvalue weighted by Crippen LogP contribution is -2.32. The number of aromatic nitrogens is 5. The van der Waals surface area contributed by atoms with E-state index in [-0.39, 0.29) is 17.1 Å². The topological polar surface area (TPSA) is 89.9 Å². The van der Waals surface area contributed by atoms with Crippen LogP contribution in [0.25, 0.3) is 17.1 Å². The summed E-state index contributed by atoms with van der Waals surface area (Å²) < 4.78 is 45.5. The van der Waals surface area contributed by atoms with E-state index in [1.165, 1.54) is 17.3 Å². The van der Waals surface area contributed by atoms with Gasteiger partial charge in [0.1, 0.15) is 6.04 Å². The van der Waals surface area contributed by atoms with Gasteiger partial charge in [-0.2, -0.15) is 33.1 Å². The Labute approximate surface area is 202 Å². The number of hydrogen-bond donors (Lipinski definition) is 0. The first-order valence-electron chi connectivity index (χ1n) is 10.7. The highest BCUT2D eigenvalue weighted by Crippen LogP contribution is 2.36. The fraction of sp³-hybridized carbons (Fsp3) is 0.261. The molecule has 0 saturated carbocycles. The van der Waals surface area contributed by atoms with E-state index in [1.54, 1.807) is 12.1 Å². The van der Waals surface area contributed by atoms with Gasteiger partial charge in [-0.1, -0.05) is 28.9 Å². The van der Waals surface area contributed by atoms with Gasteiger partial charge in [-0.25, -0.2) is 0 Å². The Balaban J connectivity index is 1.49. The van der Waals surface area contributed by atoms with Crippen molar-refractivity contribution in [2.45, 2.75) is 32.0 Å². The van der Waals surface area contributed by atoms with Crippen molar-refractivity contribution >= 4 is 17.5 Å². The van der Waals surface area contributed by atoms with Crippen LogP contribution < -0.4 is 0 Å². The quantitative estimate of drug-likeness (QED) is 0.377. The van der Waals surface area contributed by atoms with E-state index in [9.17, 15) is 18.0 Å². The zero-order valence-electron chi connectivity index (χ0n) is 18.3. The number of benzene rings is 2. The second kappa shape index (κ2) is 8.81. The predicted octanol–water partition coefficient (Wildman–Crippen LogP) is 5.28. The molecule has 1 saturated heterocycles. The Morgan fingerprint density at radius 2 is 1.94 bits per heavy atom. The number of rotatable bonds is 4. The molecule has 0 aliphatic carbocycles. The molecule has 2 aromatic heterocycles. The molecule has 5 rings (SSSR count). The van der Waals surface area contributed by atoms with Gasteiger partial charge in [-0.15, -0.1) is 0 Å². The molecule has 8 nitrogen and oxygen atoms in total. The van der Waals surface area contributed by atoms with Crippen molar-refractivity contribution in [1.82, 2.24) is 30.0 Å². The molecule has 180 valence electrons. The lowest BCUT2D eigenvalue weighted by atomic mass is 10.1. The van der Waals surface area contributed by atoms with E-state index in [2.05, 4.69) is 20.3 Å². The molecule has 2 aromatic carbocycles. The number of carbonyl (C=O) groups is 1. The van der Waals surface area contributed by atoms with E-state index in [1.807, 2.05) is 13.0 Å². The van der Waals surface area contributed by atoms with Gasteiger partial charge in [-0.05, 0) is 49.6 Å². The van der Waals surface area contributed by atoms with Crippen molar-refractivity contribution in [1.29, 1.82) is 0 Å². The molecule has 1 unspecified atom stereocenters. The Morgan fingerprint density at radius 1 is 1.17 bits per heavy atom. The summed E-state index contributed by atoms with van der Waals surface area (Å²) in [4.78, 5) is 20.6. The maximum Gasteiger partial charge on any atom is 0.416 e. The molecule has 3 heterocycles. The van der Waals surface area contributed by atoms with Gasteiger partial charge in [0.2, 0.25) is 11.7 Å². The molecule has 4 aromatic rings. The molecule has 1 aliphatic rings. The standard InChI is InChI=1S/C23H18ClF3N6O2/c1-13-15(4-2-5-17(13)24)20-30-21(35-31-20)18-6-3-11-32(18)22(34)16-8-7-14(23(25,26)27)12-19(16)33-28-9-10-29-33/h2,4-5,7-10,12,18H,3,6,11H2,1H3. The summed E-state index contributed by atoms with van der Waals surface area (Å²) in [5.74, 6) is 0.110. The largest absolute Gasteiger partial charge is 0.416 e. The predicted molar refractivity (Wildman–Crippen MR) is 119 cm³/mol. The molecule has 1 atom stereocenters. The minimum atomic E-state index is -4.59. The Bertz CT molecular complexity index is 1390. The number of alkyl halides is 3. The molecule has 0 radical (unpaired) electrons. The third-order valence-electron chi connectivity index (χ3n) is 5.94. The van der Waals surface area contributed by atoms with E-state index in [0.717, 1.165) is 28.6 Å². The highest BCUT2D eigenvalue weighted by molar-refractivity contribution is 6.31. The van der Waals surface area contributed by atoms with Crippen LogP contribution in [0.5, 0.6) is 0 Å². The summed E-state index contributed by atoms with van der Waals surface area (Å²) in [6, 6.07) is 7.72. The Morgan fingerprint density at radius 3 is 2.69 bits per heavy atom. The van der Waals surface area contributed by atoms with Gasteiger partial charge in [0.15, 0.2) is 0 Å². The van der Waals surface area contributed by atoms with E-state index >= 15 is 0 Å². The number of amides is 1. The summed E-state index contributed by atoms with van der Waals surface area (Å²) in [6.07, 6.45) is -0.702. The van der Waals surface area contributed by atoms with Crippen LogP contribution in [0.4, 0.5) is 13.2 Å². The van der Waals surface area contributed by atoms with Crippen LogP contribution in [0.15, 0.2) is 53.3 Å². The van der Waals surface area contributed by atoms with E-state index in [4.69, 9.17) is 16.1 Å². The highest BCUT2D eigenvalue weighted by Gasteiger charge is 2.37. The molecule has 35 heavy (non-hydrogen) atoms. The summed E-state index contributed by atoms with van der Waals surface area (Å²) in [6.45, 7) is 2.22. The fourth-order valence-corrected chi connectivity index (χ4v) is 4.32. The van der Waals surface area contributed by atoms with Crippen LogP contribution in [-0.2, 0) is 6.18 Å². The zero-order chi connectivity index (χ0) is 24.7. The van der Waals surface area contributed by atoms with E-state index < -0.39 is 23.7 Å². The summed E-state index contributed by atoms with van der Waals surface area (Å²) >= 11 is 6.20. The maximum absolute atomic E-state index is 13.6. The Kier molecular flexibility index (Phi) is 5.79. The fourth-order valence-electron chi connectivity index (χ4n) is 4.15. The molecular weight excluding hydrogens is 485 g/mol. The summed E-state index contributed by atoms with van der Waals surface area (Å²) in [5, 5.41) is 12.5. The normalized spacial score (nSPS) is 16.1. The van der Waals surface area contributed by atoms with Crippen molar-refractivity contribution in [2.75, 3.05) is 6.54 Å². The second-order valence-corrected chi connectivity index (χ2v) is 8.48. The molecule has 1 amide bonds.